The number of methoxy groups -OCH3 is 1. The molecule has 7 nitrogen and oxygen atoms in total. The normalized spacial score (nSPS) is 12.4. The van der Waals surface area contributed by atoms with Gasteiger partial charge in [-0.3, -0.25) is 0 Å². The van der Waals surface area contributed by atoms with Gasteiger partial charge in [-0.1, -0.05) is 0 Å². The van der Waals surface area contributed by atoms with Crippen molar-refractivity contribution in [2.24, 2.45) is 7.05 Å². The van der Waals surface area contributed by atoms with E-state index in [2.05, 4.69) is 19.9 Å². The third kappa shape index (κ3) is 2.16. The number of aromatic nitrogens is 4. The number of ether oxygens (including phenoxy) is 1. The molecule has 2 aromatic rings. The van der Waals surface area contributed by atoms with E-state index < -0.39 is 0 Å². The minimum atomic E-state index is -0.00347. The van der Waals surface area contributed by atoms with E-state index in [1.54, 1.807) is 13.4 Å². The SMILES string of the molecule is COc1c(N)nsc1NC(C)c1nncn1C. The summed E-state index contributed by atoms with van der Waals surface area (Å²) < 4.78 is 11.1. The van der Waals surface area contributed by atoms with Gasteiger partial charge in [-0.05, 0) is 18.5 Å². The Morgan fingerprint density at radius 2 is 2.35 bits per heavy atom. The number of rotatable bonds is 4. The Morgan fingerprint density at radius 3 is 2.94 bits per heavy atom. The van der Waals surface area contributed by atoms with Crippen molar-refractivity contribution >= 4 is 22.4 Å². The van der Waals surface area contributed by atoms with Gasteiger partial charge in [0.15, 0.2) is 22.4 Å². The first-order chi connectivity index (χ1) is 8.13. The zero-order chi connectivity index (χ0) is 12.4. The molecule has 0 radical (unpaired) electrons. The highest BCUT2D eigenvalue weighted by Gasteiger charge is 2.17. The molecule has 1 unspecified atom stereocenters. The van der Waals surface area contributed by atoms with Crippen molar-refractivity contribution in [1.82, 2.24) is 19.1 Å². The molecule has 0 fully saturated rings. The molecule has 1 atom stereocenters. The van der Waals surface area contributed by atoms with Crippen LogP contribution in [0.5, 0.6) is 5.75 Å². The van der Waals surface area contributed by atoms with Crippen LogP contribution in [0.15, 0.2) is 6.33 Å². The van der Waals surface area contributed by atoms with Crippen LogP contribution in [0, 0.1) is 0 Å². The van der Waals surface area contributed by atoms with Crippen LogP contribution in [-0.2, 0) is 7.05 Å². The minimum Gasteiger partial charge on any atom is -0.490 e. The van der Waals surface area contributed by atoms with E-state index in [1.807, 2.05) is 18.5 Å². The monoisotopic (exact) mass is 254 g/mol. The van der Waals surface area contributed by atoms with Crippen molar-refractivity contribution in [3.05, 3.63) is 12.2 Å². The van der Waals surface area contributed by atoms with Crippen molar-refractivity contribution in [2.45, 2.75) is 13.0 Å². The largest absolute Gasteiger partial charge is 0.490 e. The van der Waals surface area contributed by atoms with Gasteiger partial charge in [0.1, 0.15) is 6.33 Å². The Bertz CT molecular complexity index is 507. The van der Waals surface area contributed by atoms with Crippen LogP contribution >= 0.6 is 11.5 Å². The number of nitrogens with one attached hydrogen (secondary N) is 1. The molecule has 0 aliphatic carbocycles. The van der Waals surface area contributed by atoms with Crippen LogP contribution in [0.3, 0.4) is 0 Å². The Hall–Kier alpha value is -1.83. The maximum absolute atomic E-state index is 5.68. The van der Waals surface area contributed by atoms with E-state index in [0.717, 1.165) is 10.8 Å². The van der Waals surface area contributed by atoms with Gasteiger partial charge in [-0.2, -0.15) is 4.37 Å². The summed E-state index contributed by atoms with van der Waals surface area (Å²) in [7, 11) is 3.46. The number of anilines is 2. The summed E-state index contributed by atoms with van der Waals surface area (Å²) in [5.74, 6) is 1.80. The lowest BCUT2D eigenvalue weighted by molar-refractivity contribution is 0.419. The second kappa shape index (κ2) is 4.58. The first kappa shape index (κ1) is 11.6. The molecular weight excluding hydrogens is 240 g/mol. The summed E-state index contributed by atoms with van der Waals surface area (Å²) in [5.41, 5.74) is 5.68. The molecule has 92 valence electrons. The van der Waals surface area contributed by atoms with E-state index >= 15 is 0 Å². The van der Waals surface area contributed by atoms with Crippen LogP contribution in [0.1, 0.15) is 18.8 Å². The van der Waals surface area contributed by atoms with E-state index in [4.69, 9.17) is 10.5 Å². The maximum Gasteiger partial charge on any atom is 0.197 e. The molecule has 17 heavy (non-hydrogen) atoms. The number of nitrogens with two attached hydrogens (primary N) is 1. The fourth-order valence-electron chi connectivity index (χ4n) is 1.53. The zero-order valence-corrected chi connectivity index (χ0v) is 10.7. The highest BCUT2D eigenvalue weighted by Crippen LogP contribution is 2.36. The minimum absolute atomic E-state index is 0.00347. The number of nitrogens with zero attached hydrogens (tertiary/aromatic N) is 4. The molecule has 2 heterocycles. The van der Waals surface area contributed by atoms with Gasteiger partial charge in [0.25, 0.3) is 0 Å². The van der Waals surface area contributed by atoms with Crippen molar-refractivity contribution < 1.29 is 4.74 Å². The third-order valence-electron chi connectivity index (χ3n) is 2.36. The van der Waals surface area contributed by atoms with Crippen LogP contribution in [0.2, 0.25) is 0 Å². The fourth-order valence-corrected chi connectivity index (χ4v) is 2.30. The van der Waals surface area contributed by atoms with Crippen LogP contribution < -0.4 is 15.8 Å². The smallest absolute Gasteiger partial charge is 0.197 e. The summed E-state index contributed by atoms with van der Waals surface area (Å²) in [6.45, 7) is 1.99. The predicted molar refractivity (Wildman–Crippen MR) is 66.1 cm³/mol. The molecule has 2 aromatic heterocycles. The van der Waals surface area contributed by atoms with Gasteiger partial charge >= 0.3 is 0 Å². The lowest BCUT2D eigenvalue weighted by Gasteiger charge is -2.13. The van der Waals surface area contributed by atoms with Crippen molar-refractivity contribution in [3.63, 3.8) is 0 Å². The Balaban J connectivity index is 2.18. The molecule has 8 heteroatoms. The number of hydrogen-bond acceptors (Lipinski definition) is 7. The van der Waals surface area contributed by atoms with Crippen LogP contribution in [0.4, 0.5) is 10.8 Å². The van der Waals surface area contributed by atoms with E-state index in [1.165, 1.54) is 11.5 Å². The van der Waals surface area contributed by atoms with E-state index in [0.29, 0.717) is 11.6 Å². The summed E-state index contributed by atoms with van der Waals surface area (Å²) in [6.07, 6.45) is 1.66. The zero-order valence-electron chi connectivity index (χ0n) is 9.84. The maximum atomic E-state index is 5.68. The molecule has 0 aromatic carbocycles. The number of aryl methyl sites for hydroxylation is 1. The Morgan fingerprint density at radius 1 is 1.59 bits per heavy atom. The van der Waals surface area contributed by atoms with E-state index in [-0.39, 0.29) is 6.04 Å². The topological polar surface area (TPSA) is 90.9 Å². The first-order valence-electron chi connectivity index (χ1n) is 5.03. The third-order valence-corrected chi connectivity index (χ3v) is 3.13. The molecule has 0 aliphatic heterocycles. The first-order valence-corrected chi connectivity index (χ1v) is 5.80. The van der Waals surface area contributed by atoms with Gasteiger partial charge in [-0.15, -0.1) is 10.2 Å². The summed E-state index contributed by atoms with van der Waals surface area (Å²) in [4.78, 5) is 0. The summed E-state index contributed by atoms with van der Waals surface area (Å²) in [5, 5.41) is 11.9. The second-order valence-electron chi connectivity index (χ2n) is 3.60. The average molecular weight is 254 g/mol. The molecule has 0 bridgehead atoms. The predicted octanol–water partition coefficient (Wildman–Crippen LogP) is 1.04. The summed E-state index contributed by atoms with van der Waals surface area (Å²) in [6, 6.07) is -0.00347. The molecule has 0 saturated heterocycles. The second-order valence-corrected chi connectivity index (χ2v) is 4.37. The summed E-state index contributed by atoms with van der Waals surface area (Å²) >= 11 is 1.26. The lowest BCUT2D eigenvalue weighted by atomic mass is 10.3. The van der Waals surface area contributed by atoms with Gasteiger partial charge in [0.05, 0.1) is 13.2 Å². The number of nitrogen functional groups attached to an aromatic ring is 1. The highest BCUT2D eigenvalue weighted by atomic mass is 32.1. The molecule has 0 spiro atoms. The van der Waals surface area contributed by atoms with Gasteiger partial charge in [0.2, 0.25) is 0 Å². The molecule has 3 N–H and O–H groups in total. The van der Waals surface area contributed by atoms with Crippen molar-refractivity contribution in [3.8, 4) is 5.75 Å². The molecular formula is C9H14N6OS. The van der Waals surface area contributed by atoms with Crippen molar-refractivity contribution in [2.75, 3.05) is 18.2 Å². The average Bonchev–Trinajstić information content (AvgIpc) is 2.85. The molecule has 0 saturated carbocycles. The van der Waals surface area contributed by atoms with Gasteiger partial charge < -0.3 is 20.4 Å². The van der Waals surface area contributed by atoms with Crippen LogP contribution in [-0.4, -0.2) is 26.2 Å². The Labute approximate surface area is 103 Å². The Kier molecular flexibility index (Phi) is 3.14. The number of hydrogen-bond donors (Lipinski definition) is 2. The quantitative estimate of drug-likeness (QED) is 0.847. The van der Waals surface area contributed by atoms with Gasteiger partial charge in [-0.25, -0.2) is 0 Å². The molecule has 0 aliphatic rings. The van der Waals surface area contributed by atoms with E-state index in [9.17, 15) is 0 Å². The van der Waals surface area contributed by atoms with Crippen molar-refractivity contribution in [1.29, 1.82) is 0 Å². The lowest BCUT2D eigenvalue weighted by Crippen LogP contribution is -2.11. The molecule has 0 amide bonds. The fraction of sp³-hybridized carbons (Fsp3) is 0.444. The van der Waals surface area contributed by atoms with Crippen LogP contribution in [0.25, 0.3) is 0 Å². The standard InChI is InChI=1S/C9H14N6OS/c1-5(8-13-11-4-15(8)2)12-9-6(16-3)7(10)14-17-9/h4-5,12H,1-3H3,(H2,10,14). The highest BCUT2D eigenvalue weighted by molar-refractivity contribution is 7.11. The van der Waals surface area contributed by atoms with Gasteiger partial charge in [0, 0.05) is 7.05 Å². The molecule has 2 rings (SSSR count).